The molecule has 5 rings (SSSR count). The highest BCUT2D eigenvalue weighted by Crippen LogP contribution is 2.22. The van der Waals surface area contributed by atoms with Crippen molar-refractivity contribution in [2.45, 2.75) is 13.5 Å². The summed E-state index contributed by atoms with van der Waals surface area (Å²) in [5, 5.41) is 4.05. The van der Waals surface area contributed by atoms with Gasteiger partial charge in [0.15, 0.2) is 0 Å². The van der Waals surface area contributed by atoms with E-state index in [1.807, 2.05) is 31.2 Å². The average molecular weight is 474 g/mol. The van der Waals surface area contributed by atoms with Gasteiger partial charge in [-0.05, 0) is 43.3 Å². The SMILES string of the molecule is Cc1cccc(-c2noc(-c3ccc(=O)n(CC(=O)N4CCN(c5ccc(F)cc5)CC4)c3)n2)c1. The standard InChI is InChI=1S/C26H24FN5O3/c1-18-3-2-4-19(15-18)25-28-26(35-29-25)20-5-10-23(33)32(16-20)17-24(34)31-13-11-30(12-14-31)22-8-6-21(27)7-9-22/h2-10,15-16H,11-14,17H2,1H3. The van der Waals surface area contributed by atoms with Crippen LogP contribution in [0.25, 0.3) is 22.8 Å². The van der Waals surface area contributed by atoms with Crippen molar-refractivity contribution in [3.63, 3.8) is 0 Å². The van der Waals surface area contributed by atoms with Crippen molar-refractivity contribution < 1.29 is 13.7 Å². The quantitative estimate of drug-likeness (QED) is 0.442. The number of rotatable bonds is 5. The molecular formula is C26H24FN5O3. The van der Waals surface area contributed by atoms with Crippen LogP contribution in [0.5, 0.6) is 0 Å². The van der Waals surface area contributed by atoms with Gasteiger partial charge >= 0.3 is 0 Å². The molecule has 1 aliphatic rings. The number of carbonyl (C=O) groups is 1. The summed E-state index contributed by atoms with van der Waals surface area (Å²) in [6, 6.07) is 17.1. The second-order valence-electron chi connectivity index (χ2n) is 8.52. The molecule has 9 heteroatoms. The van der Waals surface area contributed by atoms with Crippen molar-refractivity contribution in [2.75, 3.05) is 31.1 Å². The fourth-order valence-corrected chi connectivity index (χ4v) is 4.14. The first kappa shape index (κ1) is 22.5. The van der Waals surface area contributed by atoms with Crippen LogP contribution in [-0.2, 0) is 11.3 Å². The maximum Gasteiger partial charge on any atom is 0.259 e. The Labute approximate surface area is 201 Å². The number of aryl methyl sites for hydroxylation is 1. The second kappa shape index (κ2) is 9.54. The van der Waals surface area contributed by atoms with Gasteiger partial charge in [-0.15, -0.1) is 0 Å². The molecule has 8 nitrogen and oxygen atoms in total. The number of hydrogen-bond acceptors (Lipinski definition) is 6. The minimum absolute atomic E-state index is 0.0813. The number of halogens is 1. The van der Waals surface area contributed by atoms with E-state index in [1.165, 1.54) is 22.8 Å². The molecule has 1 aliphatic heterocycles. The lowest BCUT2D eigenvalue weighted by atomic mass is 10.1. The third-order valence-electron chi connectivity index (χ3n) is 6.06. The lowest BCUT2D eigenvalue weighted by Crippen LogP contribution is -2.50. The Bertz CT molecular complexity index is 1410. The molecule has 0 radical (unpaired) electrons. The minimum Gasteiger partial charge on any atom is -0.368 e. The lowest BCUT2D eigenvalue weighted by Gasteiger charge is -2.36. The summed E-state index contributed by atoms with van der Waals surface area (Å²) < 4.78 is 20.0. The molecular weight excluding hydrogens is 449 g/mol. The van der Waals surface area contributed by atoms with Crippen LogP contribution >= 0.6 is 0 Å². The van der Waals surface area contributed by atoms with Gasteiger partial charge in [0.2, 0.25) is 11.7 Å². The molecule has 0 spiro atoms. The van der Waals surface area contributed by atoms with Crippen LogP contribution in [0.2, 0.25) is 0 Å². The van der Waals surface area contributed by atoms with Gasteiger partial charge in [0.25, 0.3) is 11.4 Å². The third kappa shape index (κ3) is 4.98. The number of hydrogen-bond donors (Lipinski definition) is 0. The smallest absolute Gasteiger partial charge is 0.259 e. The Kier molecular flexibility index (Phi) is 6.13. The highest BCUT2D eigenvalue weighted by molar-refractivity contribution is 5.76. The summed E-state index contributed by atoms with van der Waals surface area (Å²) in [5.41, 5.74) is 3.12. The molecule has 0 N–H and O–H groups in total. The van der Waals surface area contributed by atoms with E-state index in [4.69, 9.17) is 4.52 Å². The predicted octanol–water partition coefficient (Wildman–Crippen LogP) is 3.36. The third-order valence-corrected chi connectivity index (χ3v) is 6.06. The van der Waals surface area contributed by atoms with Gasteiger partial charge in [0.05, 0.1) is 5.56 Å². The lowest BCUT2D eigenvalue weighted by molar-refractivity contribution is -0.132. The van der Waals surface area contributed by atoms with Gasteiger partial charge < -0.3 is 18.9 Å². The van der Waals surface area contributed by atoms with Gasteiger partial charge in [-0.25, -0.2) is 4.39 Å². The second-order valence-corrected chi connectivity index (χ2v) is 8.52. The summed E-state index contributed by atoms with van der Waals surface area (Å²) in [5.74, 6) is 0.309. The molecule has 1 saturated heterocycles. The molecule has 0 aliphatic carbocycles. The van der Waals surface area contributed by atoms with Crippen LogP contribution in [0.3, 0.4) is 0 Å². The molecule has 0 unspecified atom stereocenters. The van der Waals surface area contributed by atoms with E-state index in [1.54, 1.807) is 29.3 Å². The van der Waals surface area contributed by atoms with Crippen LogP contribution in [-0.4, -0.2) is 51.7 Å². The summed E-state index contributed by atoms with van der Waals surface area (Å²) in [6.07, 6.45) is 1.57. The highest BCUT2D eigenvalue weighted by Gasteiger charge is 2.22. The van der Waals surface area contributed by atoms with E-state index >= 15 is 0 Å². The minimum atomic E-state index is -0.287. The van der Waals surface area contributed by atoms with E-state index in [0.29, 0.717) is 37.6 Å². The molecule has 178 valence electrons. The van der Waals surface area contributed by atoms with Crippen molar-refractivity contribution in [3.8, 4) is 22.8 Å². The number of pyridine rings is 1. The predicted molar refractivity (Wildman–Crippen MR) is 129 cm³/mol. The van der Waals surface area contributed by atoms with Crippen LogP contribution in [0.4, 0.5) is 10.1 Å². The van der Waals surface area contributed by atoms with Gasteiger partial charge in [-0.2, -0.15) is 4.98 Å². The molecule has 0 saturated carbocycles. The van der Waals surface area contributed by atoms with E-state index < -0.39 is 0 Å². The Hall–Kier alpha value is -4.27. The molecule has 1 fully saturated rings. The number of nitrogens with zero attached hydrogens (tertiary/aromatic N) is 5. The maximum absolute atomic E-state index is 13.2. The maximum atomic E-state index is 13.2. The molecule has 2 aromatic heterocycles. The summed E-state index contributed by atoms with van der Waals surface area (Å²) in [7, 11) is 0. The highest BCUT2D eigenvalue weighted by atomic mass is 19.1. The number of amides is 1. The molecule has 35 heavy (non-hydrogen) atoms. The first-order valence-electron chi connectivity index (χ1n) is 11.4. The number of aromatic nitrogens is 3. The fraction of sp³-hybridized carbons (Fsp3) is 0.231. The molecule has 2 aromatic carbocycles. The topological polar surface area (TPSA) is 84.5 Å². The molecule has 4 aromatic rings. The van der Waals surface area contributed by atoms with Gasteiger partial charge in [-0.1, -0.05) is 28.9 Å². The van der Waals surface area contributed by atoms with Crippen molar-refractivity contribution in [1.82, 2.24) is 19.6 Å². The molecule has 3 heterocycles. The largest absolute Gasteiger partial charge is 0.368 e. The number of benzene rings is 2. The Morgan fingerprint density at radius 3 is 2.51 bits per heavy atom. The van der Waals surface area contributed by atoms with Crippen molar-refractivity contribution in [3.05, 3.63) is 88.6 Å². The Balaban J connectivity index is 1.26. The molecule has 1 amide bonds. The van der Waals surface area contributed by atoms with Crippen molar-refractivity contribution in [1.29, 1.82) is 0 Å². The fourth-order valence-electron chi connectivity index (χ4n) is 4.14. The van der Waals surface area contributed by atoms with E-state index in [-0.39, 0.29) is 29.7 Å². The van der Waals surface area contributed by atoms with Gasteiger partial charge in [0.1, 0.15) is 12.4 Å². The first-order valence-corrected chi connectivity index (χ1v) is 11.4. The zero-order valence-electron chi connectivity index (χ0n) is 19.2. The van der Waals surface area contributed by atoms with Crippen LogP contribution in [0.15, 0.2) is 76.2 Å². The number of carbonyl (C=O) groups excluding carboxylic acids is 1. The van der Waals surface area contributed by atoms with Gasteiger partial charge in [0, 0.05) is 49.7 Å². The summed E-state index contributed by atoms with van der Waals surface area (Å²) >= 11 is 0. The van der Waals surface area contributed by atoms with Crippen LogP contribution in [0, 0.1) is 12.7 Å². The van der Waals surface area contributed by atoms with E-state index in [9.17, 15) is 14.0 Å². The van der Waals surface area contributed by atoms with Crippen molar-refractivity contribution >= 4 is 11.6 Å². The van der Waals surface area contributed by atoms with Gasteiger partial charge in [-0.3, -0.25) is 9.59 Å². The Morgan fingerprint density at radius 2 is 1.77 bits per heavy atom. The zero-order valence-corrected chi connectivity index (χ0v) is 19.2. The van der Waals surface area contributed by atoms with Crippen LogP contribution < -0.4 is 10.5 Å². The Morgan fingerprint density at radius 1 is 1.00 bits per heavy atom. The number of anilines is 1. The number of piperazine rings is 1. The monoisotopic (exact) mass is 473 g/mol. The molecule has 0 bridgehead atoms. The van der Waals surface area contributed by atoms with Crippen LogP contribution in [0.1, 0.15) is 5.56 Å². The molecule has 0 atom stereocenters. The summed E-state index contributed by atoms with van der Waals surface area (Å²) in [6.45, 7) is 4.22. The normalized spacial score (nSPS) is 13.8. The zero-order chi connectivity index (χ0) is 24.4. The first-order chi connectivity index (χ1) is 17.0. The summed E-state index contributed by atoms with van der Waals surface area (Å²) in [4.78, 5) is 33.7. The van der Waals surface area contributed by atoms with E-state index in [0.717, 1.165) is 16.8 Å². The van der Waals surface area contributed by atoms with E-state index in [2.05, 4.69) is 15.0 Å². The van der Waals surface area contributed by atoms with Crippen molar-refractivity contribution in [2.24, 2.45) is 0 Å². The average Bonchev–Trinajstić information content (AvgIpc) is 3.36.